The Bertz CT molecular complexity index is 164. The van der Waals surface area contributed by atoms with E-state index in [-0.39, 0.29) is 13.2 Å². The number of hydrogen-bond acceptors (Lipinski definition) is 3. The Balaban J connectivity index is 2.85. The van der Waals surface area contributed by atoms with Gasteiger partial charge in [-0.15, -0.1) is 0 Å². The van der Waals surface area contributed by atoms with Gasteiger partial charge < -0.3 is 10.2 Å². The highest BCUT2D eigenvalue weighted by Crippen LogP contribution is 2.14. The minimum absolute atomic E-state index is 0.0272. The molecule has 0 amide bonds. The molecule has 1 rings (SSSR count). The van der Waals surface area contributed by atoms with E-state index in [2.05, 4.69) is 0 Å². The number of aliphatic hydroxyl groups excluding tert-OH is 2. The average Bonchev–Trinajstić information content (AvgIpc) is 2.33. The summed E-state index contributed by atoms with van der Waals surface area (Å²) in [6.45, 7) is 0.0544. The fourth-order valence-corrected chi connectivity index (χ4v) is 1.48. The van der Waals surface area contributed by atoms with E-state index >= 15 is 0 Å². The van der Waals surface area contributed by atoms with E-state index in [1.165, 1.54) is 11.3 Å². The molecule has 0 saturated carbocycles. The number of hydrogen-bond donors (Lipinski definition) is 2. The molecule has 0 saturated heterocycles. The van der Waals surface area contributed by atoms with Crippen molar-refractivity contribution in [2.45, 2.75) is 13.2 Å². The van der Waals surface area contributed by atoms with Crippen molar-refractivity contribution in [3.63, 3.8) is 0 Å². The highest BCUT2D eigenvalue weighted by molar-refractivity contribution is 7.08. The van der Waals surface area contributed by atoms with Gasteiger partial charge in [-0.25, -0.2) is 0 Å². The van der Waals surface area contributed by atoms with Crippen molar-refractivity contribution in [3.8, 4) is 0 Å². The van der Waals surface area contributed by atoms with Gasteiger partial charge in [-0.2, -0.15) is 11.3 Å². The van der Waals surface area contributed by atoms with E-state index in [1.54, 1.807) is 0 Å². The van der Waals surface area contributed by atoms with Crippen molar-refractivity contribution >= 4 is 11.3 Å². The van der Waals surface area contributed by atoms with Crippen LogP contribution in [0.3, 0.4) is 0 Å². The summed E-state index contributed by atoms with van der Waals surface area (Å²) in [5, 5.41) is 20.9. The molecule has 0 spiro atoms. The molecule has 0 atom stereocenters. The predicted molar refractivity (Wildman–Crippen MR) is 36.2 cm³/mol. The van der Waals surface area contributed by atoms with Crippen LogP contribution in [-0.4, -0.2) is 10.2 Å². The van der Waals surface area contributed by atoms with Gasteiger partial charge in [0.05, 0.1) is 13.2 Å². The van der Waals surface area contributed by atoms with Crippen LogP contribution in [0.15, 0.2) is 10.8 Å². The van der Waals surface area contributed by atoms with E-state index in [0.717, 1.165) is 11.1 Å². The van der Waals surface area contributed by atoms with Crippen LogP contribution in [0, 0.1) is 0 Å². The third-order valence-corrected chi connectivity index (χ3v) is 2.01. The topological polar surface area (TPSA) is 40.5 Å². The Labute approximate surface area is 57.4 Å². The summed E-state index contributed by atoms with van der Waals surface area (Å²) < 4.78 is 0. The van der Waals surface area contributed by atoms with Crippen LogP contribution in [0.2, 0.25) is 0 Å². The maximum absolute atomic E-state index is 8.63. The molecule has 1 aromatic heterocycles. The van der Waals surface area contributed by atoms with E-state index < -0.39 is 0 Å². The minimum Gasteiger partial charge on any atom is -0.392 e. The summed E-state index contributed by atoms with van der Waals surface area (Å²) in [4.78, 5) is 0. The SMILES string of the molecule is OCc1cscc1CO. The van der Waals surface area contributed by atoms with E-state index in [9.17, 15) is 0 Å². The van der Waals surface area contributed by atoms with Gasteiger partial charge in [0.1, 0.15) is 0 Å². The molecule has 0 aliphatic carbocycles. The van der Waals surface area contributed by atoms with Crippen molar-refractivity contribution in [2.24, 2.45) is 0 Å². The first-order chi connectivity index (χ1) is 4.38. The van der Waals surface area contributed by atoms with Gasteiger partial charge in [0, 0.05) is 0 Å². The summed E-state index contributed by atoms with van der Waals surface area (Å²) in [5.74, 6) is 0. The van der Waals surface area contributed by atoms with E-state index in [1.807, 2.05) is 10.8 Å². The second-order valence-corrected chi connectivity index (χ2v) is 2.48. The van der Waals surface area contributed by atoms with Crippen LogP contribution < -0.4 is 0 Å². The minimum atomic E-state index is 0.0272. The normalized spacial score (nSPS) is 10.0. The van der Waals surface area contributed by atoms with Crippen LogP contribution in [0.1, 0.15) is 11.1 Å². The molecule has 0 radical (unpaired) electrons. The Morgan fingerprint density at radius 2 is 1.56 bits per heavy atom. The highest BCUT2D eigenvalue weighted by Gasteiger charge is 1.98. The largest absolute Gasteiger partial charge is 0.392 e. The average molecular weight is 144 g/mol. The first kappa shape index (κ1) is 6.74. The zero-order valence-corrected chi connectivity index (χ0v) is 5.69. The summed E-state index contributed by atoms with van der Waals surface area (Å²) in [7, 11) is 0. The van der Waals surface area contributed by atoms with Gasteiger partial charge in [0.2, 0.25) is 0 Å². The second kappa shape index (κ2) is 2.96. The van der Waals surface area contributed by atoms with Gasteiger partial charge in [-0.1, -0.05) is 0 Å². The molecule has 1 heterocycles. The predicted octanol–water partition coefficient (Wildman–Crippen LogP) is 0.733. The summed E-state index contributed by atoms with van der Waals surface area (Å²) >= 11 is 1.50. The number of thiophene rings is 1. The van der Waals surface area contributed by atoms with Crippen molar-refractivity contribution in [1.82, 2.24) is 0 Å². The van der Waals surface area contributed by atoms with Crippen LogP contribution in [0.5, 0.6) is 0 Å². The lowest BCUT2D eigenvalue weighted by atomic mass is 10.2. The molecular formula is C6H8O2S. The summed E-state index contributed by atoms with van der Waals surface area (Å²) in [6, 6.07) is 0. The first-order valence-electron chi connectivity index (χ1n) is 2.64. The fraction of sp³-hybridized carbons (Fsp3) is 0.333. The maximum Gasteiger partial charge on any atom is 0.0693 e. The zero-order valence-electron chi connectivity index (χ0n) is 4.87. The van der Waals surface area contributed by atoms with Crippen molar-refractivity contribution in [2.75, 3.05) is 0 Å². The van der Waals surface area contributed by atoms with Crippen molar-refractivity contribution in [1.29, 1.82) is 0 Å². The first-order valence-corrected chi connectivity index (χ1v) is 3.58. The molecule has 0 unspecified atom stereocenters. The molecule has 0 aliphatic heterocycles. The lowest BCUT2D eigenvalue weighted by Crippen LogP contribution is -1.86. The van der Waals surface area contributed by atoms with Crippen LogP contribution in [0.25, 0.3) is 0 Å². The van der Waals surface area contributed by atoms with Gasteiger partial charge in [0.25, 0.3) is 0 Å². The highest BCUT2D eigenvalue weighted by atomic mass is 32.1. The molecule has 9 heavy (non-hydrogen) atoms. The zero-order chi connectivity index (χ0) is 6.69. The Hall–Kier alpha value is -0.380. The standard InChI is InChI=1S/C6H8O2S/c7-1-5-3-9-4-6(5)2-8/h3-4,7-8H,1-2H2. The number of aliphatic hydroxyl groups is 2. The third-order valence-electron chi connectivity index (χ3n) is 1.17. The third kappa shape index (κ3) is 1.30. The molecule has 50 valence electrons. The van der Waals surface area contributed by atoms with Gasteiger partial charge >= 0.3 is 0 Å². The van der Waals surface area contributed by atoms with Crippen LogP contribution >= 0.6 is 11.3 Å². The Kier molecular flexibility index (Phi) is 2.22. The van der Waals surface area contributed by atoms with E-state index in [0.29, 0.717) is 0 Å². The Morgan fingerprint density at radius 1 is 1.11 bits per heavy atom. The van der Waals surface area contributed by atoms with Crippen LogP contribution in [0.4, 0.5) is 0 Å². The smallest absolute Gasteiger partial charge is 0.0693 e. The lowest BCUT2D eigenvalue weighted by molar-refractivity contribution is 0.261. The molecule has 2 N–H and O–H groups in total. The molecular weight excluding hydrogens is 136 g/mol. The van der Waals surface area contributed by atoms with E-state index in [4.69, 9.17) is 10.2 Å². The molecule has 0 aliphatic rings. The van der Waals surface area contributed by atoms with Gasteiger partial charge in [-0.05, 0) is 21.9 Å². The van der Waals surface area contributed by atoms with Gasteiger partial charge in [0.15, 0.2) is 0 Å². The van der Waals surface area contributed by atoms with Gasteiger partial charge in [-0.3, -0.25) is 0 Å². The number of rotatable bonds is 2. The van der Waals surface area contributed by atoms with Crippen molar-refractivity contribution in [3.05, 3.63) is 21.9 Å². The van der Waals surface area contributed by atoms with Crippen molar-refractivity contribution < 1.29 is 10.2 Å². The monoisotopic (exact) mass is 144 g/mol. The quantitative estimate of drug-likeness (QED) is 0.642. The molecule has 1 aromatic rings. The van der Waals surface area contributed by atoms with Crippen LogP contribution in [-0.2, 0) is 13.2 Å². The molecule has 0 fully saturated rings. The molecule has 2 nitrogen and oxygen atoms in total. The summed E-state index contributed by atoms with van der Waals surface area (Å²) in [5.41, 5.74) is 1.67. The molecule has 0 bridgehead atoms. The fourth-order valence-electron chi connectivity index (χ4n) is 0.627. The maximum atomic E-state index is 8.63. The lowest BCUT2D eigenvalue weighted by Gasteiger charge is -1.92. The second-order valence-electron chi connectivity index (χ2n) is 1.74. The molecule has 3 heteroatoms. The molecule has 0 aromatic carbocycles. The Morgan fingerprint density at radius 3 is 1.89 bits per heavy atom. The summed E-state index contributed by atoms with van der Waals surface area (Å²) in [6.07, 6.45) is 0.